The van der Waals surface area contributed by atoms with Gasteiger partial charge in [-0.25, -0.2) is 9.97 Å². The number of hydrogen-bond acceptors (Lipinski definition) is 4. The molecule has 1 aliphatic rings. The van der Waals surface area contributed by atoms with Gasteiger partial charge in [0.2, 0.25) is 0 Å². The van der Waals surface area contributed by atoms with Gasteiger partial charge in [0.05, 0.1) is 5.69 Å². The Labute approximate surface area is 98.1 Å². The predicted molar refractivity (Wildman–Crippen MR) is 64.2 cm³/mol. The molecule has 16 heavy (non-hydrogen) atoms. The number of thiazole rings is 1. The first-order valence-corrected chi connectivity index (χ1v) is 6.30. The first-order chi connectivity index (χ1) is 7.75. The fraction of sp³-hybridized carbons (Fsp3) is 0.455. The Morgan fingerprint density at radius 3 is 3.12 bits per heavy atom. The lowest BCUT2D eigenvalue weighted by Gasteiger charge is -2.15. The summed E-state index contributed by atoms with van der Waals surface area (Å²) in [7, 11) is 1.99. The van der Waals surface area contributed by atoms with Gasteiger partial charge < -0.3 is 10.3 Å². The van der Waals surface area contributed by atoms with E-state index in [9.17, 15) is 0 Å². The van der Waals surface area contributed by atoms with Crippen LogP contribution < -0.4 is 5.73 Å². The molecule has 1 aliphatic carbocycles. The summed E-state index contributed by atoms with van der Waals surface area (Å²) < 4.78 is 2.00. The van der Waals surface area contributed by atoms with Crippen molar-refractivity contribution in [2.75, 3.05) is 0 Å². The molecule has 0 amide bonds. The topological polar surface area (TPSA) is 56.7 Å². The van der Waals surface area contributed by atoms with E-state index in [1.54, 1.807) is 17.5 Å². The van der Waals surface area contributed by atoms with Gasteiger partial charge in [0.15, 0.2) is 10.8 Å². The van der Waals surface area contributed by atoms with Crippen molar-refractivity contribution in [2.45, 2.75) is 25.3 Å². The molecule has 2 aromatic heterocycles. The molecule has 0 fully saturated rings. The zero-order valence-electron chi connectivity index (χ0n) is 9.18. The minimum atomic E-state index is 0.119. The van der Waals surface area contributed by atoms with E-state index in [0.29, 0.717) is 0 Å². The monoisotopic (exact) mass is 234 g/mol. The van der Waals surface area contributed by atoms with Crippen LogP contribution in [-0.4, -0.2) is 14.5 Å². The molecular formula is C11H14N4S. The molecule has 0 bridgehead atoms. The standard InChI is InChI=1S/C11H14N4S/c1-15-6-5-13-10(15)11-14-9-7(12)3-2-4-8(9)16-11/h5-7H,2-4,12H2,1H3. The number of aromatic nitrogens is 3. The zero-order valence-corrected chi connectivity index (χ0v) is 10.00. The third-order valence-corrected chi connectivity index (χ3v) is 4.14. The van der Waals surface area contributed by atoms with Gasteiger partial charge in [-0.15, -0.1) is 11.3 Å². The molecule has 0 aliphatic heterocycles. The second-order valence-corrected chi connectivity index (χ2v) is 5.27. The molecule has 3 rings (SSSR count). The van der Waals surface area contributed by atoms with Crippen molar-refractivity contribution in [3.63, 3.8) is 0 Å². The third-order valence-electron chi connectivity index (χ3n) is 3.01. The SMILES string of the molecule is Cn1ccnc1-c1nc2c(s1)CCCC2N. The van der Waals surface area contributed by atoms with Crippen molar-refractivity contribution in [3.05, 3.63) is 23.0 Å². The lowest BCUT2D eigenvalue weighted by Crippen LogP contribution is -2.16. The summed E-state index contributed by atoms with van der Waals surface area (Å²) in [6.07, 6.45) is 7.09. The highest BCUT2D eigenvalue weighted by Crippen LogP contribution is 2.35. The number of imidazole rings is 1. The summed E-state index contributed by atoms with van der Waals surface area (Å²) in [6, 6.07) is 0.119. The van der Waals surface area contributed by atoms with Crippen molar-refractivity contribution in [2.24, 2.45) is 12.8 Å². The Balaban J connectivity index is 2.08. The second kappa shape index (κ2) is 3.68. The van der Waals surface area contributed by atoms with Crippen LogP contribution >= 0.6 is 11.3 Å². The van der Waals surface area contributed by atoms with Gasteiger partial charge in [-0.05, 0) is 19.3 Å². The Hall–Kier alpha value is -1.20. The third kappa shape index (κ3) is 1.47. The summed E-state index contributed by atoms with van der Waals surface area (Å²) in [5.74, 6) is 0.937. The molecule has 1 atom stereocenters. The first-order valence-electron chi connectivity index (χ1n) is 5.48. The van der Waals surface area contributed by atoms with Gasteiger partial charge in [0, 0.05) is 30.4 Å². The predicted octanol–water partition coefficient (Wildman–Crippen LogP) is 1.88. The van der Waals surface area contributed by atoms with E-state index in [1.807, 2.05) is 17.8 Å². The second-order valence-electron chi connectivity index (χ2n) is 4.19. The van der Waals surface area contributed by atoms with Crippen LogP contribution in [-0.2, 0) is 13.5 Å². The molecule has 0 radical (unpaired) electrons. The van der Waals surface area contributed by atoms with Gasteiger partial charge in [0.25, 0.3) is 0 Å². The number of rotatable bonds is 1. The van der Waals surface area contributed by atoms with Crippen molar-refractivity contribution in [1.29, 1.82) is 0 Å². The number of aryl methyl sites for hydroxylation is 2. The molecule has 1 unspecified atom stereocenters. The van der Waals surface area contributed by atoms with Crippen molar-refractivity contribution in [1.82, 2.24) is 14.5 Å². The lowest BCUT2D eigenvalue weighted by atomic mass is 9.99. The van der Waals surface area contributed by atoms with Crippen molar-refractivity contribution < 1.29 is 0 Å². The van der Waals surface area contributed by atoms with Crippen LogP contribution in [0.5, 0.6) is 0 Å². The maximum atomic E-state index is 6.07. The van der Waals surface area contributed by atoms with E-state index in [2.05, 4.69) is 9.97 Å². The average Bonchev–Trinajstić information content (AvgIpc) is 2.84. The van der Waals surface area contributed by atoms with Gasteiger partial charge in [-0.2, -0.15) is 0 Å². The molecule has 2 heterocycles. The molecule has 0 saturated carbocycles. The maximum Gasteiger partial charge on any atom is 0.168 e. The van der Waals surface area contributed by atoms with Gasteiger partial charge in [-0.1, -0.05) is 0 Å². The van der Waals surface area contributed by atoms with E-state index < -0.39 is 0 Å². The molecule has 0 spiro atoms. The van der Waals surface area contributed by atoms with Gasteiger partial charge in [-0.3, -0.25) is 0 Å². The summed E-state index contributed by atoms with van der Waals surface area (Å²) in [6.45, 7) is 0. The summed E-state index contributed by atoms with van der Waals surface area (Å²) in [5, 5.41) is 0.995. The van der Waals surface area contributed by atoms with E-state index in [1.165, 1.54) is 11.3 Å². The van der Waals surface area contributed by atoms with E-state index >= 15 is 0 Å². The number of hydrogen-bond donors (Lipinski definition) is 1. The quantitative estimate of drug-likeness (QED) is 0.819. The van der Waals surface area contributed by atoms with Crippen molar-refractivity contribution >= 4 is 11.3 Å². The van der Waals surface area contributed by atoms with Crippen LogP contribution in [0, 0.1) is 0 Å². The molecule has 4 nitrogen and oxygen atoms in total. The van der Waals surface area contributed by atoms with E-state index in [0.717, 1.165) is 29.4 Å². The molecule has 2 aromatic rings. The summed E-state index contributed by atoms with van der Waals surface area (Å²) in [5.41, 5.74) is 7.16. The highest BCUT2D eigenvalue weighted by atomic mass is 32.1. The van der Waals surface area contributed by atoms with Gasteiger partial charge in [0.1, 0.15) is 0 Å². The summed E-state index contributed by atoms with van der Waals surface area (Å²) in [4.78, 5) is 10.3. The van der Waals surface area contributed by atoms with E-state index in [-0.39, 0.29) is 6.04 Å². The Kier molecular flexibility index (Phi) is 2.29. The Morgan fingerprint density at radius 1 is 1.56 bits per heavy atom. The highest BCUT2D eigenvalue weighted by Gasteiger charge is 2.23. The largest absolute Gasteiger partial charge is 0.332 e. The lowest BCUT2D eigenvalue weighted by molar-refractivity contribution is 0.564. The zero-order chi connectivity index (χ0) is 11.1. The van der Waals surface area contributed by atoms with Crippen LogP contribution in [0.15, 0.2) is 12.4 Å². The average molecular weight is 234 g/mol. The molecule has 2 N–H and O–H groups in total. The minimum absolute atomic E-state index is 0.119. The highest BCUT2D eigenvalue weighted by molar-refractivity contribution is 7.15. The first kappa shape index (κ1) is 9.99. The number of nitrogens with two attached hydrogens (primary N) is 1. The molecular weight excluding hydrogens is 220 g/mol. The van der Waals surface area contributed by atoms with Gasteiger partial charge >= 0.3 is 0 Å². The Bertz CT molecular complexity index is 514. The fourth-order valence-corrected chi connectivity index (χ4v) is 3.33. The van der Waals surface area contributed by atoms with Crippen LogP contribution in [0.4, 0.5) is 0 Å². The maximum absolute atomic E-state index is 6.07. The molecule has 5 heteroatoms. The smallest absolute Gasteiger partial charge is 0.168 e. The fourth-order valence-electron chi connectivity index (χ4n) is 2.12. The molecule has 0 saturated heterocycles. The van der Waals surface area contributed by atoms with E-state index in [4.69, 9.17) is 5.73 Å². The molecule has 0 aromatic carbocycles. The van der Waals surface area contributed by atoms with Crippen LogP contribution in [0.1, 0.15) is 29.5 Å². The van der Waals surface area contributed by atoms with Crippen molar-refractivity contribution in [3.8, 4) is 10.8 Å². The number of fused-ring (bicyclic) bond motifs is 1. The summed E-state index contributed by atoms with van der Waals surface area (Å²) >= 11 is 1.74. The molecule has 84 valence electrons. The number of nitrogens with zero attached hydrogens (tertiary/aromatic N) is 3. The van der Waals surface area contributed by atoms with Crippen LogP contribution in [0.3, 0.4) is 0 Å². The van der Waals surface area contributed by atoms with Crippen LogP contribution in [0.2, 0.25) is 0 Å². The van der Waals surface area contributed by atoms with Crippen LogP contribution in [0.25, 0.3) is 10.8 Å². The Morgan fingerprint density at radius 2 is 2.44 bits per heavy atom. The minimum Gasteiger partial charge on any atom is -0.332 e. The normalized spacial score (nSPS) is 19.8.